The fraction of sp³-hybridized carbons (Fsp3) is 0.200. The van der Waals surface area contributed by atoms with Crippen molar-refractivity contribution < 1.29 is 9.21 Å². The van der Waals surface area contributed by atoms with E-state index in [2.05, 4.69) is 15.9 Å². The van der Waals surface area contributed by atoms with E-state index in [0.29, 0.717) is 16.7 Å². The number of carbonyl (C=O) groups excluding carboxylic acids is 1. The lowest BCUT2D eigenvalue weighted by atomic mass is 10.1. The van der Waals surface area contributed by atoms with Crippen LogP contribution in [0, 0.1) is 0 Å². The molecule has 0 aliphatic carbocycles. The Morgan fingerprint density at radius 3 is 2.73 bits per heavy atom. The number of Topliss-reactive ketones (excluding diaryl/α,β-unsaturated/α-hetero) is 1. The lowest BCUT2D eigenvalue weighted by molar-refractivity contribution is 0.101. The van der Waals surface area contributed by atoms with Gasteiger partial charge in [-0.3, -0.25) is 9.36 Å². The van der Waals surface area contributed by atoms with Crippen molar-refractivity contribution in [2.24, 2.45) is 7.05 Å². The minimum atomic E-state index is -0.467. The van der Waals surface area contributed by atoms with Crippen LogP contribution in [0.5, 0.6) is 0 Å². The van der Waals surface area contributed by atoms with E-state index in [0.717, 1.165) is 4.47 Å². The predicted octanol–water partition coefficient (Wildman–Crippen LogP) is 2.10. The molecule has 0 amide bonds. The Labute approximate surface area is 93.6 Å². The highest BCUT2D eigenvalue weighted by Gasteiger charge is 2.14. The smallest absolute Gasteiger partial charge is 0.407 e. The van der Waals surface area contributed by atoms with Gasteiger partial charge in [0.1, 0.15) is 0 Å². The summed E-state index contributed by atoms with van der Waals surface area (Å²) in [6, 6.07) is 3.39. The maximum atomic E-state index is 11.3. The molecule has 0 atom stereocenters. The summed E-state index contributed by atoms with van der Waals surface area (Å²) in [5.74, 6) is -0.596. The minimum Gasteiger partial charge on any atom is -0.407 e. The third kappa shape index (κ3) is 1.52. The molecular weight excluding hydrogens is 262 g/mol. The van der Waals surface area contributed by atoms with Gasteiger partial charge in [0.25, 0.3) is 0 Å². The molecule has 78 valence electrons. The molecule has 0 saturated carbocycles. The highest BCUT2D eigenvalue weighted by atomic mass is 79.9. The standard InChI is InChI=1S/C10H8BrNO3/c1-5(13)7-3-6(11)4-8-9(7)15-10(14)12(8)2/h3-4H,1-2H3. The molecule has 15 heavy (non-hydrogen) atoms. The zero-order valence-corrected chi connectivity index (χ0v) is 9.79. The number of hydrogen-bond acceptors (Lipinski definition) is 3. The predicted molar refractivity (Wildman–Crippen MR) is 59.2 cm³/mol. The van der Waals surface area contributed by atoms with E-state index < -0.39 is 5.76 Å². The number of aromatic nitrogens is 1. The van der Waals surface area contributed by atoms with Crippen molar-refractivity contribution in [3.63, 3.8) is 0 Å². The lowest BCUT2D eigenvalue weighted by Gasteiger charge is -1.98. The molecule has 0 N–H and O–H groups in total. The van der Waals surface area contributed by atoms with E-state index in [1.807, 2.05) is 0 Å². The summed E-state index contributed by atoms with van der Waals surface area (Å²) >= 11 is 3.29. The molecule has 1 aromatic carbocycles. The van der Waals surface area contributed by atoms with Crippen LogP contribution in [0.4, 0.5) is 0 Å². The Kier molecular flexibility index (Phi) is 2.26. The molecule has 0 bridgehead atoms. The van der Waals surface area contributed by atoms with Crippen molar-refractivity contribution in [2.75, 3.05) is 0 Å². The minimum absolute atomic E-state index is 0.129. The van der Waals surface area contributed by atoms with Gasteiger partial charge < -0.3 is 4.42 Å². The van der Waals surface area contributed by atoms with Crippen LogP contribution < -0.4 is 5.76 Å². The van der Waals surface area contributed by atoms with E-state index in [9.17, 15) is 9.59 Å². The van der Waals surface area contributed by atoms with Gasteiger partial charge in [0.2, 0.25) is 0 Å². The summed E-state index contributed by atoms with van der Waals surface area (Å²) in [5.41, 5.74) is 1.37. The normalized spacial score (nSPS) is 10.9. The summed E-state index contributed by atoms with van der Waals surface area (Å²) in [4.78, 5) is 22.6. The van der Waals surface area contributed by atoms with Crippen molar-refractivity contribution in [3.8, 4) is 0 Å². The first kappa shape index (κ1) is 10.2. The maximum Gasteiger partial charge on any atom is 0.419 e. The maximum absolute atomic E-state index is 11.3. The SMILES string of the molecule is CC(=O)c1cc(Br)cc2c1oc(=O)n2C. The Hall–Kier alpha value is -1.36. The van der Waals surface area contributed by atoms with Crippen molar-refractivity contribution in [1.82, 2.24) is 4.57 Å². The molecule has 0 aliphatic heterocycles. The number of rotatable bonds is 1. The van der Waals surface area contributed by atoms with Crippen LogP contribution in [-0.2, 0) is 7.05 Å². The van der Waals surface area contributed by atoms with Crippen molar-refractivity contribution in [3.05, 3.63) is 32.7 Å². The number of carbonyl (C=O) groups is 1. The summed E-state index contributed by atoms with van der Waals surface area (Å²) in [7, 11) is 1.60. The summed E-state index contributed by atoms with van der Waals surface area (Å²) in [5, 5.41) is 0. The van der Waals surface area contributed by atoms with Gasteiger partial charge >= 0.3 is 5.76 Å². The zero-order chi connectivity index (χ0) is 11.2. The van der Waals surface area contributed by atoms with Crippen LogP contribution in [0.3, 0.4) is 0 Å². The van der Waals surface area contributed by atoms with Gasteiger partial charge in [-0.2, -0.15) is 0 Å². The molecule has 0 aliphatic rings. The van der Waals surface area contributed by atoms with Gasteiger partial charge in [0, 0.05) is 11.5 Å². The summed E-state index contributed by atoms with van der Waals surface area (Å²) < 4.78 is 7.13. The van der Waals surface area contributed by atoms with E-state index >= 15 is 0 Å². The molecule has 0 radical (unpaired) electrons. The molecule has 0 fully saturated rings. The van der Waals surface area contributed by atoms with E-state index in [-0.39, 0.29) is 5.78 Å². The highest BCUT2D eigenvalue weighted by Crippen LogP contribution is 2.23. The molecular formula is C10H8BrNO3. The Balaban J connectivity index is 2.99. The van der Waals surface area contributed by atoms with Crippen LogP contribution in [0.1, 0.15) is 17.3 Å². The van der Waals surface area contributed by atoms with Crippen LogP contribution in [0.2, 0.25) is 0 Å². The highest BCUT2D eigenvalue weighted by molar-refractivity contribution is 9.10. The second kappa shape index (κ2) is 3.34. The van der Waals surface area contributed by atoms with E-state index in [1.165, 1.54) is 11.5 Å². The third-order valence-electron chi connectivity index (χ3n) is 2.24. The van der Waals surface area contributed by atoms with E-state index in [4.69, 9.17) is 4.42 Å². The Morgan fingerprint density at radius 1 is 1.47 bits per heavy atom. The van der Waals surface area contributed by atoms with Crippen molar-refractivity contribution >= 4 is 32.8 Å². The quantitative estimate of drug-likeness (QED) is 0.745. The molecule has 2 aromatic rings. The molecule has 0 saturated heterocycles. The van der Waals surface area contributed by atoms with Gasteiger partial charge in [-0.15, -0.1) is 0 Å². The largest absolute Gasteiger partial charge is 0.419 e. The third-order valence-corrected chi connectivity index (χ3v) is 2.70. The van der Waals surface area contributed by atoms with Crippen molar-refractivity contribution in [1.29, 1.82) is 0 Å². The second-order valence-corrected chi connectivity index (χ2v) is 4.20. The fourth-order valence-corrected chi connectivity index (χ4v) is 1.90. The van der Waals surface area contributed by atoms with Gasteiger partial charge in [0.05, 0.1) is 11.1 Å². The van der Waals surface area contributed by atoms with Gasteiger partial charge in [-0.05, 0) is 19.1 Å². The number of oxazole rings is 1. The number of ketones is 1. The second-order valence-electron chi connectivity index (χ2n) is 3.28. The molecule has 1 aromatic heterocycles. The monoisotopic (exact) mass is 269 g/mol. The zero-order valence-electron chi connectivity index (χ0n) is 8.20. The number of benzene rings is 1. The average Bonchev–Trinajstić information content (AvgIpc) is 2.43. The molecule has 4 nitrogen and oxygen atoms in total. The number of hydrogen-bond donors (Lipinski definition) is 0. The van der Waals surface area contributed by atoms with Crippen LogP contribution in [0.25, 0.3) is 11.1 Å². The van der Waals surface area contributed by atoms with Gasteiger partial charge in [0.15, 0.2) is 11.4 Å². The van der Waals surface area contributed by atoms with Gasteiger partial charge in [-0.1, -0.05) is 15.9 Å². The number of halogens is 1. The van der Waals surface area contributed by atoms with Gasteiger partial charge in [-0.25, -0.2) is 4.79 Å². The first-order valence-corrected chi connectivity index (χ1v) is 5.10. The number of fused-ring (bicyclic) bond motifs is 1. The average molecular weight is 270 g/mol. The number of nitrogens with zero attached hydrogens (tertiary/aromatic N) is 1. The van der Waals surface area contributed by atoms with Crippen molar-refractivity contribution in [2.45, 2.75) is 6.92 Å². The fourth-order valence-electron chi connectivity index (χ4n) is 1.45. The van der Waals surface area contributed by atoms with Crippen LogP contribution in [0.15, 0.2) is 25.8 Å². The molecule has 5 heteroatoms. The van der Waals surface area contributed by atoms with Crippen LogP contribution >= 0.6 is 15.9 Å². The Bertz CT molecular complexity index is 609. The molecule has 0 unspecified atom stereocenters. The molecule has 0 spiro atoms. The first-order chi connectivity index (χ1) is 7.00. The Morgan fingerprint density at radius 2 is 2.13 bits per heavy atom. The topological polar surface area (TPSA) is 52.2 Å². The summed E-state index contributed by atoms with van der Waals surface area (Å²) in [6.07, 6.45) is 0. The van der Waals surface area contributed by atoms with Crippen LogP contribution in [-0.4, -0.2) is 10.4 Å². The molecule has 2 rings (SSSR count). The lowest BCUT2D eigenvalue weighted by Crippen LogP contribution is -2.08. The number of aryl methyl sites for hydroxylation is 1. The first-order valence-electron chi connectivity index (χ1n) is 4.30. The summed E-state index contributed by atoms with van der Waals surface area (Å²) in [6.45, 7) is 1.44. The van der Waals surface area contributed by atoms with E-state index in [1.54, 1.807) is 19.2 Å². The molecule has 1 heterocycles.